The molecule has 1 aromatic carbocycles. The monoisotopic (exact) mass is 263 g/mol. The van der Waals surface area contributed by atoms with Crippen molar-refractivity contribution in [3.05, 3.63) is 33.9 Å². The molecule has 1 fully saturated rings. The van der Waals surface area contributed by atoms with Crippen molar-refractivity contribution in [3.63, 3.8) is 0 Å². The molecule has 19 heavy (non-hydrogen) atoms. The third kappa shape index (κ3) is 2.38. The molecule has 102 valence electrons. The number of anilines is 1. The Morgan fingerprint density at radius 3 is 2.47 bits per heavy atom. The molecule has 0 radical (unpaired) electrons. The SMILES string of the molecule is CC1CN(C(=O)c2cccc([N+](=O)[O-])c2N)CC1C. The van der Waals surface area contributed by atoms with E-state index in [4.69, 9.17) is 5.73 Å². The van der Waals surface area contributed by atoms with Gasteiger partial charge in [0.05, 0.1) is 10.5 Å². The first-order valence-corrected chi connectivity index (χ1v) is 6.24. The highest BCUT2D eigenvalue weighted by Gasteiger charge is 2.31. The van der Waals surface area contributed by atoms with Crippen molar-refractivity contribution in [2.24, 2.45) is 11.8 Å². The third-order valence-corrected chi connectivity index (χ3v) is 3.79. The van der Waals surface area contributed by atoms with Gasteiger partial charge in [-0.05, 0) is 17.9 Å². The van der Waals surface area contributed by atoms with Crippen molar-refractivity contribution in [1.82, 2.24) is 4.90 Å². The lowest BCUT2D eigenvalue weighted by Gasteiger charge is -2.17. The molecule has 1 saturated heterocycles. The molecular formula is C13H17N3O3. The molecule has 2 atom stereocenters. The number of carbonyl (C=O) groups excluding carboxylic acids is 1. The second-order valence-corrected chi connectivity index (χ2v) is 5.16. The van der Waals surface area contributed by atoms with Crippen molar-refractivity contribution in [2.45, 2.75) is 13.8 Å². The largest absolute Gasteiger partial charge is 0.393 e. The number of carbonyl (C=O) groups is 1. The van der Waals surface area contributed by atoms with E-state index in [9.17, 15) is 14.9 Å². The van der Waals surface area contributed by atoms with Crippen molar-refractivity contribution in [3.8, 4) is 0 Å². The summed E-state index contributed by atoms with van der Waals surface area (Å²) in [5.74, 6) is 0.644. The van der Waals surface area contributed by atoms with E-state index in [1.54, 1.807) is 11.0 Å². The van der Waals surface area contributed by atoms with Gasteiger partial charge < -0.3 is 10.6 Å². The molecule has 0 aliphatic carbocycles. The zero-order valence-electron chi connectivity index (χ0n) is 11.0. The average molecular weight is 263 g/mol. The fourth-order valence-corrected chi connectivity index (χ4v) is 2.36. The topological polar surface area (TPSA) is 89.5 Å². The van der Waals surface area contributed by atoms with E-state index in [2.05, 4.69) is 13.8 Å². The summed E-state index contributed by atoms with van der Waals surface area (Å²) in [6.45, 7) is 5.52. The molecule has 0 bridgehead atoms. The lowest BCUT2D eigenvalue weighted by Crippen LogP contribution is -2.29. The number of rotatable bonds is 2. The lowest BCUT2D eigenvalue weighted by molar-refractivity contribution is -0.383. The molecule has 1 aliphatic rings. The van der Waals surface area contributed by atoms with E-state index in [1.165, 1.54) is 12.1 Å². The number of hydrogen-bond acceptors (Lipinski definition) is 4. The smallest absolute Gasteiger partial charge is 0.292 e. The molecule has 2 N–H and O–H groups in total. The summed E-state index contributed by atoms with van der Waals surface area (Å²) in [6, 6.07) is 4.34. The summed E-state index contributed by atoms with van der Waals surface area (Å²) in [5, 5.41) is 10.8. The number of benzene rings is 1. The number of amides is 1. The minimum atomic E-state index is -0.568. The predicted molar refractivity (Wildman–Crippen MR) is 71.7 cm³/mol. The van der Waals surface area contributed by atoms with Gasteiger partial charge in [-0.15, -0.1) is 0 Å². The number of para-hydroxylation sites is 1. The van der Waals surface area contributed by atoms with Crippen LogP contribution < -0.4 is 5.73 Å². The number of nitro groups is 1. The molecule has 1 aromatic rings. The van der Waals surface area contributed by atoms with Crippen LogP contribution in [0.3, 0.4) is 0 Å². The number of nitro benzene ring substituents is 1. The minimum Gasteiger partial charge on any atom is -0.393 e. The standard InChI is InChI=1S/C13H17N3O3/c1-8-6-15(7-9(8)2)13(17)10-4-3-5-11(12(10)14)16(18)19/h3-5,8-9H,6-7,14H2,1-2H3. The van der Waals surface area contributed by atoms with Crippen LogP contribution in [-0.4, -0.2) is 28.8 Å². The molecule has 0 aromatic heterocycles. The van der Waals surface area contributed by atoms with E-state index in [0.717, 1.165) is 0 Å². The van der Waals surface area contributed by atoms with Crippen molar-refractivity contribution >= 4 is 17.3 Å². The van der Waals surface area contributed by atoms with E-state index >= 15 is 0 Å². The van der Waals surface area contributed by atoms with Gasteiger partial charge in [0.25, 0.3) is 11.6 Å². The van der Waals surface area contributed by atoms with Crippen LogP contribution in [0, 0.1) is 22.0 Å². The van der Waals surface area contributed by atoms with Crippen LogP contribution in [0.25, 0.3) is 0 Å². The zero-order chi connectivity index (χ0) is 14.2. The van der Waals surface area contributed by atoms with E-state index in [-0.39, 0.29) is 22.8 Å². The molecule has 6 heteroatoms. The van der Waals surface area contributed by atoms with Crippen molar-refractivity contribution in [2.75, 3.05) is 18.8 Å². The second-order valence-electron chi connectivity index (χ2n) is 5.16. The first kappa shape index (κ1) is 13.3. The van der Waals surface area contributed by atoms with Crippen LogP contribution in [0.1, 0.15) is 24.2 Å². The molecule has 0 saturated carbocycles. The summed E-state index contributed by atoms with van der Waals surface area (Å²) in [5.41, 5.74) is 5.68. The number of likely N-dealkylation sites (tertiary alicyclic amines) is 1. The first-order chi connectivity index (χ1) is 8.91. The Bertz CT molecular complexity index is 520. The van der Waals surface area contributed by atoms with Crippen molar-refractivity contribution in [1.29, 1.82) is 0 Å². The van der Waals surface area contributed by atoms with Crippen molar-refractivity contribution < 1.29 is 9.72 Å². The van der Waals surface area contributed by atoms with Crippen LogP contribution in [0.2, 0.25) is 0 Å². The van der Waals surface area contributed by atoms with Crippen LogP contribution in [0.15, 0.2) is 18.2 Å². The Kier molecular flexibility index (Phi) is 3.42. The zero-order valence-corrected chi connectivity index (χ0v) is 11.0. The third-order valence-electron chi connectivity index (χ3n) is 3.79. The Morgan fingerprint density at radius 2 is 1.95 bits per heavy atom. The fourth-order valence-electron chi connectivity index (χ4n) is 2.36. The first-order valence-electron chi connectivity index (χ1n) is 6.24. The van der Waals surface area contributed by atoms with E-state index in [0.29, 0.717) is 24.9 Å². The summed E-state index contributed by atoms with van der Waals surface area (Å²) in [6.07, 6.45) is 0. The molecule has 6 nitrogen and oxygen atoms in total. The normalized spacial score (nSPS) is 22.5. The van der Waals surface area contributed by atoms with Crippen LogP contribution in [-0.2, 0) is 0 Å². The van der Waals surface area contributed by atoms with Gasteiger partial charge in [0.1, 0.15) is 5.69 Å². The molecule has 2 unspecified atom stereocenters. The maximum Gasteiger partial charge on any atom is 0.292 e. The van der Waals surface area contributed by atoms with Crippen LogP contribution >= 0.6 is 0 Å². The van der Waals surface area contributed by atoms with Gasteiger partial charge in [0.2, 0.25) is 0 Å². The Morgan fingerprint density at radius 1 is 1.37 bits per heavy atom. The number of nitrogens with zero attached hydrogens (tertiary/aromatic N) is 2. The van der Waals surface area contributed by atoms with Gasteiger partial charge in [-0.3, -0.25) is 14.9 Å². The van der Waals surface area contributed by atoms with Gasteiger partial charge in [-0.25, -0.2) is 0 Å². The average Bonchev–Trinajstić information content (AvgIpc) is 2.69. The quantitative estimate of drug-likeness (QED) is 0.501. The van der Waals surface area contributed by atoms with Gasteiger partial charge in [0.15, 0.2) is 0 Å². The summed E-state index contributed by atoms with van der Waals surface area (Å²) in [7, 11) is 0. The minimum absolute atomic E-state index is 0.0512. The number of nitrogens with two attached hydrogens (primary N) is 1. The van der Waals surface area contributed by atoms with Gasteiger partial charge in [0, 0.05) is 19.2 Å². The summed E-state index contributed by atoms with van der Waals surface area (Å²) < 4.78 is 0. The molecule has 1 aliphatic heterocycles. The molecule has 0 spiro atoms. The highest BCUT2D eigenvalue weighted by Crippen LogP contribution is 2.29. The molecule has 2 rings (SSSR count). The lowest BCUT2D eigenvalue weighted by atomic mass is 10.0. The van der Waals surface area contributed by atoms with Gasteiger partial charge >= 0.3 is 0 Å². The maximum atomic E-state index is 12.4. The van der Waals surface area contributed by atoms with Gasteiger partial charge in [-0.1, -0.05) is 19.9 Å². The van der Waals surface area contributed by atoms with E-state index < -0.39 is 4.92 Å². The number of hydrogen-bond donors (Lipinski definition) is 1. The highest BCUT2D eigenvalue weighted by molar-refractivity contribution is 6.01. The second kappa shape index (κ2) is 4.87. The Balaban J connectivity index is 2.30. The number of nitrogen functional groups attached to an aromatic ring is 1. The van der Waals surface area contributed by atoms with E-state index in [1.807, 2.05) is 0 Å². The fraction of sp³-hybridized carbons (Fsp3) is 0.462. The Hall–Kier alpha value is -2.11. The summed E-state index contributed by atoms with van der Waals surface area (Å²) in [4.78, 5) is 24.3. The predicted octanol–water partition coefficient (Wildman–Crippen LogP) is 1.91. The van der Waals surface area contributed by atoms with Crippen LogP contribution in [0.4, 0.5) is 11.4 Å². The van der Waals surface area contributed by atoms with Crippen LogP contribution in [0.5, 0.6) is 0 Å². The molecule has 1 amide bonds. The summed E-state index contributed by atoms with van der Waals surface area (Å²) >= 11 is 0. The molecular weight excluding hydrogens is 246 g/mol. The molecule has 1 heterocycles. The maximum absolute atomic E-state index is 12.4. The Labute approximate surface area is 111 Å². The van der Waals surface area contributed by atoms with Gasteiger partial charge in [-0.2, -0.15) is 0 Å². The highest BCUT2D eigenvalue weighted by atomic mass is 16.6.